The van der Waals surface area contributed by atoms with Crippen molar-refractivity contribution in [2.45, 2.75) is 51.6 Å². The topological polar surface area (TPSA) is 71.3 Å². The fourth-order valence-corrected chi connectivity index (χ4v) is 2.82. The zero-order chi connectivity index (χ0) is 14.8. The molecule has 2 rings (SSSR count). The third kappa shape index (κ3) is 2.71. The number of hydrogen-bond donors (Lipinski definition) is 2. The summed E-state index contributed by atoms with van der Waals surface area (Å²) in [5.41, 5.74) is -0.585. The fraction of sp³-hybridized carbons (Fsp3) is 0.600. The first-order chi connectivity index (χ1) is 9.48. The zero-order valence-corrected chi connectivity index (χ0v) is 12.1. The van der Waals surface area contributed by atoms with Gasteiger partial charge in [0.25, 0.3) is 5.91 Å². The number of aryl methyl sites for hydroxylation is 1. The van der Waals surface area contributed by atoms with Gasteiger partial charge in [-0.1, -0.05) is 6.92 Å². The summed E-state index contributed by atoms with van der Waals surface area (Å²) in [4.78, 5) is 24.0. The highest BCUT2D eigenvalue weighted by Crippen LogP contribution is 2.32. The summed E-state index contributed by atoms with van der Waals surface area (Å²) in [6.07, 6.45) is 4.50. The number of aliphatic carboxylic acids is 1. The number of carbonyl (C=O) groups excluding carboxylic acids is 1. The molecule has 1 aromatic heterocycles. The van der Waals surface area contributed by atoms with E-state index in [4.69, 9.17) is 0 Å². The normalized spacial score (nSPS) is 26.2. The molecule has 0 aliphatic heterocycles. The van der Waals surface area contributed by atoms with Crippen LogP contribution in [0.15, 0.2) is 18.3 Å². The van der Waals surface area contributed by atoms with Crippen molar-refractivity contribution >= 4 is 11.9 Å². The number of hydrogen-bond acceptors (Lipinski definition) is 2. The van der Waals surface area contributed by atoms with Gasteiger partial charge in [0.1, 0.15) is 11.2 Å². The van der Waals surface area contributed by atoms with Crippen molar-refractivity contribution in [3.63, 3.8) is 0 Å². The first kappa shape index (κ1) is 14.6. The summed E-state index contributed by atoms with van der Waals surface area (Å²) in [6, 6.07) is 3.52. The molecule has 0 aromatic carbocycles. The average Bonchev–Trinajstić information content (AvgIpc) is 2.89. The maximum atomic E-state index is 12.3. The lowest BCUT2D eigenvalue weighted by Crippen LogP contribution is -2.56. The van der Waals surface area contributed by atoms with E-state index in [1.807, 2.05) is 17.7 Å². The van der Waals surface area contributed by atoms with Crippen LogP contribution in [0.1, 0.15) is 50.0 Å². The maximum absolute atomic E-state index is 12.3. The van der Waals surface area contributed by atoms with Crippen molar-refractivity contribution in [2.24, 2.45) is 5.92 Å². The number of carboxylic acid groups (broad SMARTS) is 1. The molecular weight excluding hydrogens is 256 g/mol. The van der Waals surface area contributed by atoms with Crippen LogP contribution in [-0.2, 0) is 11.3 Å². The van der Waals surface area contributed by atoms with Gasteiger partial charge in [-0.2, -0.15) is 0 Å². The quantitative estimate of drug-likeness (QED) is 0.887. The molecule has 1 aliphatic rings. The Bertz CT molecular complexity index is 499. The Balaban J connectivity index is 2.17. The molecule has 5 nitrogen and oxygen atoms in total. The van der Waals surface area contributed by atoms with E-state index < -0.39 is 11.5 Å². The van der Waals surface area contributed by atoms with Crippen LogP contribution in [0.25, 0.3) is 0 Å². The van der Waals surface area contributed by atoms with E-state index in [-0.39, 0.29) is 5.91 Å². The van der Waals surface area contributed by atoms with Gasteiger partial charge >= 0.3 is 5.97 Å². The Kier molecular flexibility index (Phi) is 4.16. The van der Waals surface area contributed by atoms with Crippen molar-refractivity contribution in [3.8, 4) is 0 Å². The van der Waals surface area contributed by atoms with E-state index in [1.165, 1.54) is 0 Å². The zero-order valence-electron chi connectivity index (χ0n) is 12.1. The first-order valence-electron chi connectivity index (χ1n) is 7.19. The predicted octanol–water partition coefficient (Wildman–Crippen LogP) is 2.27. The van der Waals surface area contributed by atoms with Crippen LogP contribution in [-0.4, -0.2) is 27.1 Å². The predicted molar refractivity (Wildman–Crippen MR) is 75.6 cm³/mol. The number of amides is 1. The SMILES string of the molecule is CCn1cccc1C(=O)NC1(C(=O)O)CCC(C)CC1. The van der Waals surface area contributed by atoms with Crippen LogP contribution in [0.5, 0.6) is 0 Å². The van der Waals surface area contributed by atoms with Crippen LogP contribution in [0.2, 0.25) is 0 Å². The molecule has 20 heavy (non-hydrogen) atoms. The molecule has 1 saturated carbocycles. The summed E-state index contributed by atoms with van der Waals surface area (Å²) in [7, 11) is 0. The van der Waals surface area contributed by atoms with E-state index >= 15 is 0 Å². The van der Waals surface area contributed by atoms with Crippen LogP contribution in [0.4, 0.5) is 0 Å². The van der Waals surface area contributed by atoms with Crippen LogP contribution in [0.3, 0.4) is 0 Å². The molecule has 1 amide bonds. The van der Waals surface area contributed by atoms with Crippen LogP contribution in [0, 0.1) is 5.92 Å². The number of aromatic nitrogens is 1. The molecule has 1 fully saturated rings. The second-order valence-electron chi connectivity index (χ2n) is 5.70. The highest BCUT2D eigenvalue weighted by atomic mass is 16.4. The molecule has 1 heterocycles. The van der Waals surface area contributed by atoms with Gasteiger partial charge in [0.15, 0.2) is 0 Å². The monoisotopic (exact) mass is 278 g/mol. The lowest BCUT2D eigenvalue weighted by Gasteiger charge is -2.36. The van der Waals surface area contributed by atoms with Gasteiger partial charge in [-0.15, -0.1) is 0 Å². The second kappa shape index (κ2) is 5.69. The molecule has 1 aliphatic carbocycles. The molecule has 0 spiro atoms. The standard InChI is InChI=1S/C15H22N2O3/c1-3-17-10-4-5-12(17)13(18)16-15(14(19)20)8-6-11(2)7-9-15/h4-5,10-11H,3,6-9H2,1-2H3,(H,16,18)(H,19,20). The average molecular weight is 278 g/mol. The van der Waals surface area contributed by atoms with Gasteiger partial charge in [-0.3, -0.25) is 4.79 Å². The van der Waals surface area contributed by atoms with Gasteiger partial charge in [0, 0.05) is 12.7 Å². The number of carboxylic acids is 1. The van der Waals surface area contributed by atoms with Crippen molar-refractivity contribution in [3.05, 3.63) is 24.0 Å². The maximum Gasteiger partial charge on any atom is 0.329 e. The van der Waals surface area contributed by atoms with E-state index in [0.29, 0.717) is 31.0 Å². The number of rotatable bonds is 4. The Morgan fingerprint density at radius 3 is 2.65 bits per heavy atom. The summed E-state index contributed by atoms with van der Waals surface area (Å²) in [5, 5.41) is 12.3. The van der Waals surface area contributed by atoms with Gasteiger partial charge in [0.2, 0.25) is 0 Å². The number of nitrogens with one attached hydrogen (secondary N) is 1. The summed E-state index contributed by atoms with van der Waals surface area (Å²) < 4.78 is 1.82. The lowest BCUT2D eigenvalue weighted by molar-refractivity contribution is -0.146. The van der Waals surface area contributed by atoms with Gasteiger partial charge < -0.3 is 15.0 Å². The molecule has 5 heteroatoms. The minimum atomic E-state index is -1.10. The van der Waals surface area contributed by atoms with E-state index in [1.54, 1.807) is 12.1 Å². The lowest BCUT2D eigenvalue weighted by atomic mass is 9.77. The van der Waals surface area contributed by atoms with Crippen molar-refractivity contribution in [1.82, 2.24) is 9.88 Å². The molecular formula is C15H22N2O3. The summed E-state index contributed by atoms with van der Waals surface area (Å²) in [5.74, 6) is -0.694. The van der Waals surface area contributed by atoms with Crippen LogP contribution < -0.4 is 5.32 Å². The Labute approximate surface area is 119 Å². The minimum Gasteiger partial charge on any atom is -0.480 e. The highest BCUT2D eigenvalue weighted by molar-refractivity contribution is 5.96. The molecule has 2 N–H and O–H groups in total. The van der Waals surface area contributed by atoms with E-state index in [9.17, 15) is 14.7 Å². The van der Waals surface area contributed by atoms with Gasteiger partial charge in [-0.05, 0) is 50.7 Å². The molecule has 0 bridgehead atoms. The van der Waals surface area contributed by atoms with Gasteiger partial charge in [0.05, 0.1) is 0 Å². The summed E-state index contributed by atoms with van der Waals surface area (Å²) in [6.45, 7) is 4.76. The molecule has 0 radical (unpaired) electrons. The van der Waals surface area contributed by atoms with Crippen molar-refractivity contribution in [2.75, 3.05) is 0 Å². The molecule has 0 saturated heterocycles. The Morgan fingerprint density at radius 2 is 2.10 bits per heavy atom. The Hall–Kier alpha value is -1.78. The largest absolute Gasteiger partial charge is 0.480 e. The first-order valence-corrected chi connectivity index (χ1v) is 7.19. The number of nitrogens with zero attached hydrogens (tertiary/aromatic N) is 1. The van der Waals surface area contributed by atoms with E-state index in [2.05, 4.69) is 12.2 Å². The van der Waals surface area contributed by atoms with Gasteiger partial charge in [-0.25, -0.2) is 4.79 Å². The second-order valence-corrected chi connectivity index (χ2v) is 5.70. The third-order valence-corrected chi connectivity index (χ3v) is 4.29. The minimum absolute atomic E-state index is 0.297. The van der Waals surface area contributed by atoms with E-state index in [0.717, 1.165) is 12.8 Å². The van der Waals surface area contributed by atoms with Crippen LogP contribution >= 0.6 is 0 Å². The third-order valence-electron chi connectivity index (χ3n) is 4.29. The van der Waals surface area contributed by atoms with Crippen molar-refractivity contribution in [1.29, 1.82) is 0 Å². The molecule has 110 valence electrons. The number of carbonyl (C=O) groups is 2. The fourth-order valence-electron chi connectivity index (χ4n) is 2.82. The molecule has 1 aromatic rings. The van der Waals surface area contributed by atoms with Crippen molar-refractivity contribution < 1.29 is 14.7 Å². The Morgan fingerprint density at radius 1 is 1.45 bits per heavy atom. The molecule has 0 unspecified atom stereocenters. The smallest absolute Gasteiger partial charge is 0.329 e. The highest BCUT2D eigenvalue weighted by Gasteiger charge is 2.42. The molecule has 0 atom stereocenters. The summed E-state index contributed by atoms with van der Waals surface area (Å²) >= 11 is 0.